The Labute approximate surface area is 87.8 Å². The highest BCUT2D eigenvalue weighted by molar-refractivity contribution is 4.84. The Morgan fingerprint density at radius 2 is 2.14 bits per heavy atom. The van der Waals surface area contributed by atoms with Crippen LogP contribution in [-0.2, 0) is 0 Å². The van der Waals surface area contributed by atoms with Crippen molar-refractivity contribution in [1.82, 2.24) is 10.6 Å². The normalized spacial score (nSPS) is 38.8. The molecule has 2 nitrogen and oxygen atoms in total. The molecule has 2 fully saturated rings. The van der Waals surface area contributed by atoms with E-state index in [0.717, 1.165) is 18.0 Å². The first kappa shape index (κ1) is 10.4. The summed E-state index contributed by atoms with van der Waals surface area (Å²) in [4.78, 5) is 0. The van der Waals surface area contributed by atoms with E-state index in [1.807, 2.05) is 0 Å². The number of rotatable bonds is 3. The van der Waals surface area contributed by atoms with Crippen LogP contribution in [0.25, 0.3) is 0 Å². The molecule has 1 aliphatic heterocycles. The minimum absolute atomic E-state index is 0.760. The molecule has 2 rings (SSSR count). The number of hydrogen-bond acceptors (Lipinski definition) is 2. The summed E-state index contributed by atoms with van der Waals surface area (Å²) >= 11 is 0. The van der Waals surface area contributed by atoms with E-state index in [1.165, 1.54) is 51.6 Å². The van der Waals surface area contributed by atoms with E-state index in [-0.39, 0.29) is 0 Å². The number of nitrogens with one attached hydrogen (secondary N) is 2. The second-order valence-electron chi connectivity index (χ2n) is 4.99. The molecule has 3 atom stereocenters. The van der Waals surface area contributed by atoms with Crippen LogP contribution >= 0.6 is 0 Å². The molecule has 0 aromatic carbocycles. The van der Waals surface area contributed by atoms with Crippen LogP contribution in [-0.4, -0.2) is 25.2 Å². The molecule has 0 aromatic heterocycles. The SMILES string of the molecule is CCC1CCCC(NC2CCNC2)C1. The average Bonchev–Trinajstić information content (AvgIpc) is 2.71. The van der Waals surface area contributed by atoms with Gasteiger partial charge < -0.3 is 10.6 Å². The molecule has 2 aliphatic rings. The van der Waals surface area contributed by atoms with E-state index in [9.17, 15) is 0 Å². The lowest BCUT2D eigenvalue weighted by atomic mass is 9.84. The summed E-state index contributed by atoms with van der Waals surface area (Å²) in [5.41, 5.74) is 0. The lowest BCUT2D eigenvalue weighted by Crippen LogP contribution is -2.42. The Morgan fingerprint density at radius 3 is 2.86 bits per heavy atom. The molecular formula is C12H24N2. The summed E-state index contributed by atoms with van der Waals surface area (Å²) in [6.07, 6.45) is 8.45. The van der Waals surface area contributed by atoms with Crippen LogP contribution < -0.4 is 10.6 Å². The standard InChI is InChI=1S/C12H24N2/c1-2-10-4-3-5-11(8-10)14-12-6-7-13-9-12/h10-14H,2-9H2,1H3. The Balaban J connectivity index is 1.73. The van der Waals surface area contributed by atoms with E-state index in [0.29, 0.717) is 0 Å². The van der Waals surface area contributed by atoms with Gasteiger partial charge in [-0.3, -0.25) is 0 Å². The van der Waals surface area contributed by atoms with Gasteiger partial charge in [-0.1, -0.05) is 26.2 Å². The van der Waals surface area contributed by atoms with Crippen LogP contribution in [0.4, 0.5) is 0 Å². The molecule has 1 heterocycles. The van der Waals surface area contributed by atoms with Gasteiger partial charge in [0.05, 0.1) is 0 Å². The van der Waals surface area contributed by atoms with Crippen LogP contribution in [0.2, 0.25) is 0 Å². The quantitative estimate of drug-likeness (QED) is 0.720. The molecule has 1 saturated carbocycles. The summed E-state index contributed by atoms with van der Waals surface area (Å²) in [6.45, 7) is 4.74. The topological polar surface area (TPSA) is 24.1 Å². The van der Waals surface area contributed by atoms with E-state index in [1.54, 1.807) is 0 Å². The zero-order valence-electron chi connectivity index (χ0n) is 9.39. The van der Waals surface area contributed by atoms with Crippen molar-refractivity contribution in [1.29, 1.82) is 0 Å². The van der Waals surface area contributed by atoms with Crippen molar-refractivity contribution in [3.63, 3.8) is 0 Å². The van der Waals surface area contributed by atoms with Crippen molar-refractivity contribution < 1.29 is 0 Å². The Bertz CT molecular complexity index is 164. The van der Waals surface area contributed by atoms with Gasteiger partial charge >= 0.3 is 0 Å². The summed E-state index contributed by atoms with van der Waals surface area (Å²) < 4.78 is 0. The molecule has 3 unspecified atom stereocenters. The first-order valence-electron chi connectivity index (χ1n) is 6.35. The first-order valence-corrected chi connectivity index (χ1v) is 6.35. The van der Waals surface area contributed by atoms with Crippen LogP contribution in [0.5, 0.6) is 0 Å². The van der Waals surface area contributed by atoms with Gasteiger partial charge in [-0.15, -0.1) is 0 Å². The maximum absolute atomic E-state index is 3.82. The minimum atomic E-state index is 0.760. The van der Waals surface area contributed by atoms with Crippen molar-refractivity contribution in [2.45, 2.75) is 57.5 Å². The fraction of sp³-hybridized carbons (Fsp3) is 1.00. The molecule has 1 saturated heterocycles. The molecule has 14 heavy (non-hydrogen) atoms. The predicted molar refractivity (Wildman–Crippen MR) is 60.4 cm³/mol. The van der Waals surface area contributed by atoms with E-state index in [2.05, 4.69) is 17.6 Å². The molecule has 1 aliphatic carbocycles. The average molecular weight is 196 g/mol. The monoisotopic (exact) mass is 196 g/mol. The van der Waals surface area contributed by atoms with Gasteiger partial charge in [0.1, 0.15) is 0 Å². The summed E-state index contributed by atoms with van der Waals surface area (Å²) in [6, 6.07) is 1.58. The Hall–Kier alpha value is -0.0800. The van der Waals surface area contributed by atoms with E-state index < -0.39 is 0 Å². The lowest BCUT2D eigenvalue weighted by Gasteiger charge is -2.31. The third-order valence-electron chi connectivity index (χ3n) is 3.89. The van der Waals surface area contributed by atoms with Crippen molar-refractivity contribution in [2.75, 3.05) is 13.1 Å². The van der Waals surface area contributed by atoms with Crippen molar-refractivity contribution in [2.24, 2.45) is 5.92 Å². The molecule has 2 N–H and O–H groups in total. The second kappa shape index (κ2) is 5.13. The van der Waals surface area contributed by atoms with Crippen LogP contribution in [0.15, 0.2) is 0 Å². The van der Waals surface area contributed by atoms with E-state index >= 15 is 0 Å². The number of hydrogen-bond donors (Lipinski definition) is 2. The highest BCUT2D eigenvalue weighted by Gasteiger charge is 2.24. The predicted octanol–water partition coefficient (Wildman–Crippen LogP) is 1.91. The summed E-state index contributed by atoms with van der Waals surface area (Å²) in [5, 5.41) is 7.24. The van der Waals surface area contributed by atoms with Crippen molar-refractivity contribution in [3.05, 3.63) is 0 Å². The molecule has 0 radical (unpaired) electrons. The largest absolute Gasteiger partial charge is 0.315 e. The summed E-state index contributed by atoms with van der Waals surface area (Å²) in [7, 11) is 0. The maximum atomic E-state index is 3.82. The molecule has 2 heteroatoms. The van der Waals surface area contributed by atoms with Gasteiger partial charge in [-0.25, -0.2) is 0 Å². The van der Waals surface area contributed by atoms with Crippen molar-refractivity contribution in [3.8, 4) is 0 Å². The van der Waals surface area contributed by atoms with Gasteiger partial charge in [-0.2, -0.15) is 0 Å². The van der Waals surface area contributed by atoms with Gasteiger partial charge in [0.15, 0.2) is 0 Å². The van der Waals surface area contributed by atoms with Crippen LogP contribution in [0.1, 0.15) is 45.4 Å². The van der Waals surface area contributed by atoms with Crippen LogP contribution in [0, 0.1) is 5.92 Å². The third kappa shape index (κ3) is 2.71. The second-order valence-corrected chi connectivity index (χ2v) is 4.99. The maximum Gasteiger partial charge on any atom is 0.0207 e. The van der Waals surface area contributed by atoms with Gasteiger partial charge in [0.25, 0.3) is 0 Å². The molecule has 0 bridgehead atoms. The molecular weight excluding hydrogens is 172 g/mol. The highest BCUT2D eigenvalue weighted by atomic mass is 15.0. The van der Waals surface area contributed by atoms with Crippen LogP contribution in [0.3, 0.4) is 0 Å². The zero-order valence-corrected chi connectivity index (χ0v) is 9.39. The van der Waals surface area contributed by atoms with Gasteiger partial charge in [0, 0.05) is 18.6 Å². The Morgan fingerprint density at radius 1 is 1.21 bits per heavy atom. The molecule has 0 spiro atoms. The third-order valence-corrected chi connectivity index (χ3v) is 3.89. The summed E-state index contributed by atoms with van der Waals surface area (Å²) in [5.74, 6) is 0.996. The Kier molecular flexibility index (Phi) is 3.82. The fourth-order valence-corrected chi connectivity index (χ4v) is 2.94. The molecule has 0 aromatic rings. The zero-order chi connectivity index (χ0) is 9.80. The van der Waals surface area contributed by atoms with Gasteiger partial charge in [-0.05, 0) is 31.7 Å². The van der Waals surface area contributed by atoms with Crippen molar-refractivity contribution >= 4 is 0 Å². The first-order chi connectivity index (χ1) is 6.88. The van der Waals surface area contributed by atoms with Gasteiger partial charge in [0.2, 0.25) is 0 Å². The molecule has 82 valence electrons. The van der Waals surface area contributed by atoms with E-state index in [4.69, 9.17) is 0 Å². The smallest absolute Gasteiger partial charge is 0.0207 e. The fourth-order valence-electron chi connectivity index (χ4n) is 2.94. The minimum Gasteiger partial charge on any atom is -0.315 e. The molecule has 0 amide bonds. The highest BCUT2D eigenvalue weighted by Crippen LogP contribution is 2.26. The lowest BCUT2D eigenvalue weighted by molar-refractivity contribution is 0.265.